The van der Waals surface area contributed by atoms with E-state index in [1.54, 1.807) is 7.11 Å². The predicted molar refractivity (Wildman–Crippen MR) is 72.5 cm³/mol. The molecule has 1 aliphatic rings. The molecule has 0 aliphatic carbocycles. The van der Waals surface area contributed by atoms with E-state index >= 15 is 0 Å². The van der Waals surface area contributed by atoms with E-state index in [1.807, 2.05) is 0 Å². The van der Waals surface area contributed by atoms with Gasteiger partial charge in [0, 0.05) is 39.3 Å². The quantitative estimate of drug-likeness (QED) is 0.710. The van der Waals surface area contributed by atoms with E-state index < -0.39 is 0 Å². The first-order valence-corrected chi connectivity index (χ1v) is 6.94. The number of rotatable bonds is 7. The molecule has 0 radical (unpaired) electrons. The first kappa shape index (κ1) is 14.9. The second-order valence-electron chi connectivity index (χ2n) is 4.88. The summed E-state index contributed by atoms with van der Waals surface area (Å²) in [6.45, 7) is 13.5. The molecule has 17 heavy (non-hydrogen) atoms. The molecule has 1 N–H and O–H groups in total. The lowest BCUT2D eigenvalue weighted by molar-refractivity contribution is 0.0941. The molecule has 1 rings (SSSR count). The Labute approximate surface area is 106 Å². The summed E-state index contributed by atoms with van der Waals surface area (Å²) in [4.78, 5) is 5.07. The molecule has 1 heterocycles. The third-order valence-corrected chi connectivity index (χ3v) is 3.57. The van der Waals surface area contributed by atoms with Crippen LogP contribution < -0.4 is 5.32 Å². The van der Waals surface area contributed by atoms with Crippen molar-refractivity contribution in [3.05, 3.63) is 0 Å². The monoisotopic (exact) mass is 243 g/mol. The standard InChI is InChI=1S/C13H29N3O/c1-4-16(13(2)12-17-3)11-10-15-8-5-6-14-7-9-15/h13-14H,4-12H2,1-3H3. The molecular formula is C13H29N3O. The predicted octanol–water partition coefficient (Wildman–Crippen LogP) is 0.639. The third kappa shape index (κ3) is 5.82. The van der Waals surface area contributed by atoms with Crippen LogP contribution in [0.1, 0.15) is 20.3 Å². The summed E-state index contributed by atoms with van der Waals surface area (Å²) in [5, 5.41) is 3.45. The van der Waals surface area contributed by atoms with Gasteiger partial charge in [-0.05, 0) is 33.0 Å². The minimum atomic E-state index is 0.523. The van der Waals surface area contributed by atoms with Gasteiger partial charge in [0.2, 0.25) is 0 Å². The van der Waals surface area contributed by atoms with Crippen molar-refractivity contribution in [1.29, 1.82) is 0 Å². The molecule has 0 amide bonds. The highest BCUT2D eigenvalue weighted by Crippen LogP contribution is 2.01. The largest absolute Gasteiger partial charge is 0.383 e. The van der Waals surface area contributed by atoms with Crippen LogP contribution in [0.3, 0.4) is 0 Å². The van der Waals surface area contributed by atoms with E-state index in [0.717, 1.165) is 26.2 Å². The second-order valence-corrected chi connectivity index (χ2v) is 4.88. The fraction of sp³-hybridized carbons (Fsp3) is 1.00. The van der Waals surface area contributed by atoms with Gasteiger partial charge in [-0.25, -0.2) is 0 Å². The Balaban J connectivity index is 2.25. The van der Waals surface area contributed by atoms with Crippen molar-refractivity contribution in [3.8, 4) is 0 Å². The Hall–Kier alpha value is -0.160. The van der Waals surface area contributed by atoms with Gasteiger partial charge in [-0.2, -0.15) is 0 Å². The molecule has 4 nitrogen and oxygen atoms in total. The Morgan fingerprint density at radius 2 is 2.18 bits per heavy atom. The van der Waals surface area contributed by atoms with Crippen LogP contribution in [-0.4, -0.2) is 75.4 Å². The van der Waals surface area contributed by atoms with Crippen LogP contribution >= 0.6 is 0 Å². The van der Waals surface area contributed by atoms with Crippen molar-refractivity contribution in [2.45, 2.75) is 26.3 Å². The number of methoxy groups -OCH3 is 1. The zero-order chi connectivity index (χ0) is 12.5. The van der Waals surface area contributed by atoms with Crippen LogP contribution in [0.25, 0.3) is 0 Å². The highest BCUT2D eigenvalue weighted by atomic mass is 16.5. The number of likely N-dealkylation sites (N-methyl/N-ethyl adjacent to an activating group) is 1. The van der Waals surface area contributed by atoms with Gasteiger partial charge >= 0.3 is 0 Å². The summed E-state index contributed by atoms with van der Waals surface area (Å²) in [7, 11) is 1.78. The smallest absolute Gasteiger partial charge is 0.0615 e. The highest BCUT2D eigenvalue weighted by Gasteiger charge is 2.14. The summed E-state index contributed by atoms with van der Waals surface area (Å²) >= 11 is 0. The molecule has 1 fully saturated rings. The zero-order valence-electron chi connectivity index (χ0n) is 11.7. The minimum Gasteiger partial charge on any atom is -0.383 e. The number of nitrogens with one attached hydrogen (secondary N) is 1. The van der Waals surface area contributed by atoms with Gasteiger partial charge in [-0.3, -0.25) is 4.90 Å². The van der Waals surface area contributed by atoms with Crippen molar-refractivity contribution >= 4 is 0 Å². The van der Waals surface area contributed by atoms with Crippen LogP contribution in [0.5, 0.6) is 0 Å². The molecule has 0 saturated carbocycles. The van der Waals surface area contributed by atoms with Gasteiger partial charge in [-0.1, -0.05) is 6.92 Å². The molecular weight excluding hydrogens is 214 g/mol. The molecule has 1 saturated heterocycles. The van der Waals surface area contributed by atoms with Crippen LogP contribution in [0.2, 0.25) is 0 Å². The van der Waals surface area contributed by atoms with Crippen LogP contribution in [0, 0.1) is 0 Å². The number of hydrogen-bond donors (Lipinski definition) is 1. The lowest BCUT2D eigenvalue weighted by Gasteiger charge is -2.30. The lowest BCUT2D eigenvalue weighted by Crippen LogP contribution is -2.42. The SMILES string of the molecule is CCN(CCN1CCCNCC1)C(C)COC. The normalized spacial score (nSPS) is 20.5. The van der Waals surface area contributed by atoms with E-state index in [-0.39, 0.29) is 0 Å². The fourth-order valence-electron chi connectivity index (χ4n) is 2.43. The molecule has 0 aromatic rings. The van der Waals surface area contributed by atoms with Crippen molar-refractivity contribution in [3.63, 3.8) is 0 Å². The molecule has 102 valence electrons. The molecule has 4 heteroatoms. The molecule has 1 unspecified atom stereocenters. The molecule has 1 atom stereocenters. The van der Waals surface area contributed by atoms with Crippen molar-refractivity contribution in [2.75, 3.05) is 59.5 Å². The average molecular weight is 243 g/mol. The molecule has 0 spiro atoms. The Bertz CT molecular complexity index is 182. The number of hydrogen-bond acceptors (Lipinski definition) is 4. The minimum absolute atomic E-state index is 0.523. The van der Waals surface area contributed by atoms with Crippen molar-refractivity contribution in [2.24, 2.45) is 0 Å². The van der Waals surface area contributed by atoms with E-state index in [9.17, 15) is 0 Å². The summed E-state index contributed by atoms with van der Waals surface area (Å²) < 4.78 is 5.23. The van der Waals surface area contributed by atoms with Crippen LogP contribution in [0.15, 0.2) is 0 Å². The summed E-state index contributed by atoms with van der Waals surface area (Å²) in [6, 6.07) is 0.523. The first-order valence-electron chi connectivity index (χ1n) is 6.94. The van der Waals surface area contributed by atoms with E-state index in [0.29, 0.717) is 6.04 Å². The summed E-state index contributed by atoms with van der Waals surface area (Å²) in [6.07, 6.45) is 1.28. The topological polar surface area (TPSA) is 27.7 Å². The summed E-state index contributed by atoms with van der Waals surface area (Å²) in [5.41, 5.74) is 0. The van der Waals surface area contributed by atoms with Crippen molar-refractivity contribution < 1.29 is 4.74 Å². The van der Waals surface area contributed by atoms with Gasteiger partial charge in [0.15, 0.2) is 0 Å². The Morgan fingerprint density at radius 3 is 2.88 bits per heavy atom. The average Bonchev–Trinajstić information content (AvgIpc) is 2.59. The lowest BCUT2D eigenvalue weighted by atomic mass is 10.3. The van der Waals surface area contributed by atoms with Gasteiger partial charge in [-0.15, -0.1) is 0 Å². The van der Waals surface area contributed by atoms with Crippen LogP contribution in [-0.2, 0) is 4.74 Å². The molecule has 0 bridgehead atoms. The number of ether oxygens (including phenoxy) is 1. The van der Waals surface area contributed by atoms with E-state index in [4.69, 9.17) is 4.74 Å². The maximum Gasteiger partial charge on any atom is 0.0615 e. The van der Waals surface area contributed by atoms with Gasteiger partial charge < -0.3 is 15.0 Å². The van der Waals surface area contributed by atoms with E-state index in [1.165, 1.54) is 32.6 Å². The zero-order valence-corrected chi connectivity index (χ0v) is 11.7. The Kier molecular flexibility index (Phi) is 7.77. The van der Waals surface area contributed by atoms with Gasteiger partial charge in [0.05, 0.1) is 6.61 Å². The van der Waals surface area contributed by atoms with Crippen molar-refractivity contribution in [1.82, 2.24) is 15.1 Å². The maximum atomic E-state index is 5.23. The van der Waals surface area contributed by atoms with E-state index in [2.05, 4.69) is 29.0 Å². The van der Waals surface area contributed by atoms with Crippen LogP contribution in [0.4, 0.5) is 0 Å². The maximum absolute atomic E-state index is 5.23. The molecule has 0 aromatic heterocycles. The third-order valence-electron chi connectivity index (χ3n) is 3.57. The number of nitrogens with zero attached hydrogens (tertiary/aromatic N) is 2. The second kappa shape index (κ2) is 8.86. The first-order chi connectivity index (χ1) is 8.27. The molecule has 1 aliphatic heterocycles. The van der Waals surface area contributed by atoms with Gasteiger partial charge in [0.25, 0.3) is 0 Å². The molecule has 0 aromatic carbocycles. The Morgan fingerprint density at radius 1 is 1.35 bits per heavy atom. The summed E-state index contributed by atoms with van der Waals surface area (Å²) in [5.74, 6) is 0. The highest BCUT2D eigenvalue weighted by molar-refractivity contribution is 4.70. The van der Waals surface area contributed by atoms with Gasteiger partial charge in [0.1, 0.15) is 0 Å². The fourth-order valence-corrected chi connectivity index (χ4v) is 2.43.